The van der Waals surface area contributed by atoms with Crippen molar-refractivity contribution in [1.82, 2.24) is 14.3 Å². The van der Waals surface area contributed by atoms with Crippen molar-refractivity contribution in [3.8, 4) is 5.75 Å². The molecule has 2 aliphatic heterocycles. The smallest absolute Gasteiger partial charge is 0.247 e. The highest BCUT2D eigenvalue weighted by atomic mass is 32.2. The largest absolute Gasteiger partial charge is 0.487 e. The summed E-state index contributed by atoms with van der Waals surface area (Å²) in [7, 11) is -3.58. The van der Waals surface area contributed by atoms with Gasteiger partial charge in [0.15, 0.2) is 0 Å². The second-order valence-corrected chi connectivity index (χ2v) is 9.66. The van der Waals surface area contributed by atoms with E-state index < -0.39 is 10.0 Å². The maximum atomic E-state index is 13.5. The first-order valence-corrected chi connectivity index (χ1v) is 11.4. The molecule has 1 saturated carbocycles. The van der Waals surface area contributed by atoms with E-state index in [0.717, 1.165) is 25.8 Å². The number of sulfonamides is 1. The molecule has 5 rings (SSSR count). The third-order valence-corrected chi connectivity index (χ3v) is 7.79. The summed E-state index contributed by atoms with van der Waals surface area (Å²) < 4.78 is 35.1. The minimum atomic E-state index is -3.58. The zero-order valence-electron chi connectivity index (χ0n) is 15.6. The standard InChI is InChI=1S/C20H24N4O3S/c25-28(26)19-5-2-1-4-18(19)27-17-9-13-23(20-21-10-3-11-22-20)12-8-16(17)24(28)14-15-6-7-15/h1-5,10-11,15-17H,6-9,12-14H2/t16-,17-/m1/s1. The van der Waals surface area contributed by atoms with Crippen LogP contribution < -0.4 is 9.64 Å². The van der Waals surface area contributed by atoms with Crippen molar-refractivity contribution in [2.24, 2.45) is 5.92 Å². The van der Waals surface area contributed by atoms with Gasteiger partial charge in [0.1, 0.15) is 16.7 Å². The molecule has 0 radical (unpaired) electrons. The van der Waals surface area contributed by atoms with Gasteiger partial charge in [-0.3, -0.25) is 0 Å². The van der Waals surface area contributed by atoms with E-state index in [1.54, 1.807) is 41.0 Å². The third-order valence-electron chi connectivity index (χ3n) is 5.86. The van der Waals surface area contributed by atoms with Gasteiger partial charge in [0, 0.05) is 38.4 Å². The molecule has 1 aromatic heterocycles. The van der Waals surface area contributed by atoms with Crippen LogP contribution in [0.15, 0.2) is 47.6 Å². The first-order valence-electron chi connectivity index (χ1n) is 9.92. The van der Waals surface area contributed by atoms with Crippen molar-refractivity contribution in [3.05, 3.63) is 42.7 Å². The van der Waals surface area contributed by atoms with E-state index >= 15 is 0 Å². The molecular formula is C20H24N4O3S. The molecule has 1 saturated heterocycles. The molecule has 28 heavy (non-hydrogen) atoms. The molecular weight excluding hydrogens is 376 g/mol. The molecule has 0 amide bonds. The Bertz CT molecular complexity index is 949. The maximum Gasteiger partial charge on any atom is 0.247 e. The van der Waals surface area contributed by atoms with Gasteiger partial charge in [-0.15, -0.1) is 0 Å². The predicted molar refractivity (Wildman–Crippen MR) is 105 cm³/mol. The number of rotatable bonds is 3. The fraction of sp³-hybridized carbons (Fsp3) is 0.500. The monoisotopic (exact) mass is 400 g/mol. The molecule has 3 aliphatic rings. The highest BCUT2D eigenvalue weighted by Gasteiger charge is 2.45. The number of fused-ring (bicyclic) bond motifs is 2. The number of para-hydroxylation sites is 1. The highest BCUT2D eigenvalue weighted by Crippen LogP contribution is 2.40. The zero-order valence-corrected chi connectivity index (χ0v) is 16.5. The Hall–Kier alpha value is -2.19. The Morgan fingerprint density at radius 3 is 2.54 bits per heavy atom. The first-order chi connectivity index (χ1) is 13.6. The Balaban J connectivity index is 1.50. The zero-order chi connectivity index (χ0) is 19.1. The molecule has 0 spiro atoms. The fourth-order valence-corrected chi connectivity index (χ4v) is 6.08. The topological polar surface area (TPSA) is 75.6 Å². The van der Waals surface area contributed by atoms with E-state index in [-0.39, 0.29) is 12.1 Å². The van der Waals surface area contributed by atoms with Crippen molar-refractivity contribution in [2.75, 3.05) is 24.5 Å². The lowest BCUT2D eigenvalue weighted by molar-refractivity contribution is 0.111. The lowest BCUT2D eigenvalue weighted by Crippen LogP contribution is -2.48. The average Bonchev–Trinajstić information content (AvgIpc) is 3.54. The minimum absolute atomic E-state index is 0.174. The van der Waals surface area contributed by atoms with E-state index in [2.05, 4.69) is 14.9 Å². The molecule has 2 atom stereocenters. The lowest BCUT2D eigenvalue weighted by Gasteiger charge is -2.31. The summed E-state index contributed by atoms with van der Waals surface area (Å²) in [6.07, 6.45) is 6.94. The number of anilines is 1. The SMILES string of the molecule is O=S1(=O)c2ccccc2O[C@@H]2CCN(c3ncccn3)CC[C@H]2N1CC1CC1. The van der Waals surface area contributed by atoms with Gasteiger partial charge in [0.05, 0.1) is 6.04 Å². The van der Waals surface area contributed by atoms with Gasteiger partial charge >= 0.3 is 0 Å². The maximum absolute atomic E-state index is 13.5. The second-order valence-electron chi connectivity index (χ2n) is 7.80. The molecule has 0 unspecified atom stereocenters. The van der Waals surface area contributed by atoms with Gasteiger partial charge in [-0.05, 0) is 43.4 Å². The number of benzene rings is 1. The molecule has 148 valence electrons. The van der Waals surface area contributed by atoms with Crippen LogP contribution in [0.5, 0.6) is 5.75 Å². The van der Waals surface area contributed by atoms with Crippen molar-refractivity contribution < 1.29 is 13.2 Å². The van der Waals surface area contributed by atoms with Crippen LogP contribution in [0.1, 0.15) is 25.7 Å². The van der Waals surface area contributed by atoms with Gasteiger partial charge in [-0.1, -0.05) is 12.1 Å². The second kappa shape index (κ2) is 7.00. The number of hydrogen-bond donors (Lipinski definition) is 0. The van der Waals surface area contributed by atoms with Crippen LogP contribution >= 0.6 is 0 Å². The summed E-state index contributed by atoms with van der Waals surface area (Å²) in [5, 5.41) is 0. The van der Waals surface area contributed by atoms with Crippen LogP contribution in [0.2, 0.25) is 0 Å². The molecule has 8 heteroatoms. The van der Waals surface area contributed by atoms with Crippen LogP contribution in [0.25, 0.3) is 0 Å². The van der Waals surface area contributed by atoms with E-state index in [9.17, 15) is 8.42 Å². The highest BCUT2D eigenvalue weighted by molar-refractivity contribution is 7.89. The quantitative estimate of drug-likeness (QED) is 0.787. The molecule has 0 bridgehead atoms. The molecule has 0 N–H and O–H groups in total. The number of nitrogens with zero attached hydrogens (tertiary/aromatic N) is 4. The van der Waals surface area contributed by atoms with Gasteiger partial charge in [0.2, 0.25) is 16.0 Å². The van der Waals surface area contributed by atoms with Crippen LogP contribution in [-0.4, -0.2) is 54.5 Å². The van der Waals surface area contributed by atoms with Crippen LogP contribution in [0, 0.1) is 5.92 Å². The lowest BCUT2D eigenvalue weighted by atomic mass is 10.1. The number of ether oxygens (including phenoxy) is 1. The number of hydrogen-bond acceptors (Lipinski definition) is 6. The van der Waals surface area contributed by atoms with Gasteiger partial charge < -0.3 is 9.64 Å². The fourth-order valence-electron chi connectivity index (χ4n) is 4.20. The Kier molecular flexibility index (Phi) is 4.47. The average molecular weight is 401 g/mol. The van der Waals surface area contributed by atoms with Gasteiger partial charge in [-0.25, -0.2) is 18.4 Å². The predicted octanol–water partition coefficient (Wildman–Crippen LogP) is 2.31. The summed E-state index contributed by atoms with van der Waals surface area (Å²) >= 11 is 0. The number of aromatic nitrogens is 2. The van der Waals surface area contributed by atoms with Crippen molar-refractivity contribution in [2.45, 2.75) is 42.7 Å². The summed E-state index contributed by atoms with van der Waals surface area (Å²) in [4.78, 5) is 11.2. The summed E-state index contributed by atoms with van der Waals surface area (Å²) in [6.45, 7) is 2.04. The van der Waals surface area contributed by atoms with Crippen LogP contribution in [0.3, 0.4) is 0 Å². The Morgan fingerprint density at radius 2 is 1.75 bits per heavy atom. The Labute approximate surface area is 165 Å². The molecule has 2 aromatic rings. The van der Waals surface area contributed by atoms with Gasteiger partial charge in [0.25, 0.3) is 0 Å². The van der Waals surface area contributed by atoms with Crippen molar-refractivity contribution in [3.63, 3.8) is 0 Å². The molecule has 2 fully saturated rings. The van der Waals surface area contributed by atoms with Crippen molar-refractivity contribution in [1.29, 1.82) is 0 Å². The van der Waals surface area contributed by atoms with E-state index in [1.807, 2.05) is 6.07 Å². The first kappa shape index (κ1) is 17.9. The third kappa shape index (κ3) is 3.24. The van der Waals surface area contributed by atoms with Crippen molar-refractivity contribution >= 4 is 16.0 Å². The van der Waals surface area contributed by atoms with E-state index in [1.165, 1.54) is 0 Å². The van der Waals surface area contributed by atoms with E-state index in [0.29, 0.717) is 42.0 Å². The van der Waals surface area contributed by atoms with Crippen LogP contribution in [-0.2, 0) is 10.0 Å². The normalized spacial score (nSPS) is 27.1. The molecule has 7 nitrogen and oxygen atoms in total. The summed E-state index contributed by atoms with van der Waals surface area (Å²) in [5.74, 6) is 1.63. The summed E-state index contributed by atoms with van der Waals surface area (Å²) in [6, 6.07) is 8.67. The molecule has 1 aliphatic carbocycles. The summed E-state index contributed by atoms with van der Waals surface area (Å²) in [5.41, 5.74) is 0. The molecule has 1 aromatic carbocycles. The van der Waals surface area contributed by atoms with E-state index in [4.69, 9.17) is 4.74 Å². The molecule has 3 heterocycles. The minimum Gasteiger partial charge on any atom is -0.487 e. The Morgan fingerprint density at radius 1 is 1.00 bits per heavy atom. The van der Waals surface area contributed by atoms with Crippen LogP contribution in [0.4, 0.5) is 5.95 Å². The van der Waals surface area contributed by atoms with Gasteiger partial charge in [-0.2, -0.15) is 4.31 Å².